The highest BCUT2D eigenvalue weighted by atomic mass is 14.8. The predicted molar refractivity (Wildman–Crippen MR) is 50.2 cm³/mol. The molecular weight excluding hydrogens is 134 g/mol. The summed E-state index contributed by atoms with van der Waals surface area (Å²) in [6.45, 7) is 7.88. The molecule has 0 aromatic carbocycles. The quantitative estimate of drug-likeness (QED) is 0.578. The molecular formula is C10H19N. The van der Waals surface area contributed by atoms with E-state index in [1.54, 1.807) is 0 Å². The maximum absolute atomic E-state index is 4.59. The van der Waals surface area contributed by atoms with Crippen molar-refractivity contribution in [2.75, 3.05) is 6.54 Å². The molecule has 0 saturated carbocycles. The fraction of sp³-hybridized carbons (Fsp3) is 0.900. The van der Waals surface area contributed by atoms with E-state index < -0.39 is 0 Å². The molecule has 1 aliphatic heterocycles. The van der Waals surface area contributed by atoms with Gasteiger partial charge in [-0.25, -0.2) is 0 Å². The molecule has 0 fully saturated rings. The van der Waals surface area contributed by atoms with Crippen LogP contribution in [-0.2, 0) is 0 Å². The second kappa shape index (κ2) is 3.38. The van der Waals surface area contributed by atoms with Gasteiger partial charge in [-0.3, -0.25) is 4.99 Å². The Labute approximate surface area is 69.9 Å². The zero-order valence-electron chi connectivity index (χ0n) is 7.98. The lowest BCUT2D eigenvalue weighted by Gasteiger charge is -2.30. The third-order valence-electron chi connectivity index (χ3n) is 2.96. The van der Waals surface area contributed by atoms with Crippen LogP contribution in [0.15, 0.2) is 4.99 Å². The molecule has 0 aliphatic carbocycles. The topological polar surface area (TPSA) is 12.4 Å². The Balaban J connectivity index is 2.53. The summed E-state index contributed by atoms with van der Waals surface area (Å²) in [6.07, 6.45) is 5.00. The summed E-state index contributed by atoms with van der Waals surface area (Å²) in [6, 6.07) is 0. The molecule has 1 aliphatic rings. The highest BCUT2D eigenvalue weighted by Crippen LogP contribution is 2.31. The first-order valence-electron chi connectivity index (χ1n) is 4.72. The zero-order valence-corrected chi connectivity index (χ0v) is 7.98. The Bertz CT molecular complexity index is 160. The Morgan fingerprint density at radius 2 is 2.18 bits per heavy atom. The van der Waals surface area contributed by atoms with Crippen molar-refractivity contribution in [2.45, 2.75) is 46.5 Å². The maximum Gasteiger partial charge on any atom is 0.0442 e. The Morgan fingerprint density at radius 3 is 2.55 bits per heavy atom. The first kappa shape index (κ1) is 8.76. The van der Waals surface area contributed by atoms with E-state index in [1.807, 2.05) is 0 Å². The fourth-order valence-electron chi connectivity index (χ4n) is 1.48. The summed E-state index contributed by atoms with van der Waals surface area (Å²) in [5.41, 5.74) is 1.94. The average Bonchev–Trinajstić information content (AvgIpc) is 2.06. The average molecular weight is 153 g/mol. The van der Waals surface area contributed by atoms with Crippen LogP contribution in [0.5, 0.6) is 0 Å². The summed E-state index contributed by atoms with van der Waals surface area (Å²) < 4.78 is 0. The SMILES string of the molecule is CCC1=NCC(C)(CC)CC1. The van der Waals surface area contributed by atoms with Gasteiger partial charge in [0.2, 0.25) is 0 Å². The molecule has 1 heterocycles. The number of nitrogens with zero attached hydrogens (tertiary/aromatic N) is 1. The molecule has 11 heavy (non-hydrogen) atoms. The Morgan fingerprint density at radius 1 is 1.45 bits per heavy atom. The molecule has 1 nitrogen and oxygen atoms in total. The molecule has 1 rings (SSSR count). The third-order valence-corrected chi connectivity index (χ3v) is 2.96. The molecule has 0 saturated heterocycles. The number of rotatable bonds is 2. The van der Waals surface area contributed by atoms with Gasteiger partial charge in [0.25, 0.3) is 0 Å². The van der Waals surface area contributed by atoms with E-state index in [2.05, 4.69) is 25.8 Å². The van der Waals surface area contributed by atoms with Crippen LogP contribution in [-0.4, -0.2) is 12.3 Å². The summed E-state index contributed by atoms with van der Waals surface area (Å²) >= 11 is 0. The monoisotopic (exact) mass is 153 g/mol. The fourth-order valence-corrected chi connectivity index (χ4v) is 1.48. The van der Waals surface area contributed by atoms with Gasteiger partial charge in [-0.1, -0.05) is 20.8 Å². The van der Waals surface area contributed by atoms with Crippen LogP contribution in [0.4, 0.5) is 0 Å². The van der Waals surface area contributed by atoms with Gasteiger partial charge < -0.3 is 0 Å². The van der Waals surface area contributed by atoms with E-state index in [9.17, 15) is 0 Å². The maximum atomic E-state index is 4.59. The standard InChI is InChI=1S/C10H19N/c1-4-9-6-7-10(3,5-2)8-11-9/h4-8H2,1-3H3. The van der Waals surface area contributed by atoms with Gasteiger partial charge in [0, 0.05) is 12.3 Å². The molecule has 0 aromatic rings. The van der Waals surface area contributed by atoms with E-state index in [4.69, 9.17) is 0 Å². The molecule has 0 N–H and O–H groups in total. The van der Waals surface area contributed by atoms with E-state index in [0.29, 0.717) is 5.41 Å². The van der Waals surface area contributed by atoms with Crippen LogP contribution in [0, 0.1) is 5.41 Å². The van der Waals surface area contributed by atoms with Crippen molar-refractivity contribution in [1.29, 1.82) is 0 Å². The normalized spacial score (nSPS) is 31.7. The largest absolute Gasteiger partial charge is 0.294 e. The molecule has 0 amide bonds. The van der Waals surface area contributed by atoms with Crippen LogP contribution >= 0.6 is 0 Å². The molecule has 64 valence electrons. The Hall–Kier alpha value is -0.330. The minimum absolute atomic E-state index is 0.513. The first-order valence-corrected chi connectivity index (χ1v) is 4.72. The second-order valence-corrected chi connectivity index (χ2v) is 3.90. The van der Waals surface area contributed by atoms with Crippen molar-refractivity contribution in [2.24, 2.45) is 10.4 Å². The van der Waals surface area contributed by atoms with Gasteiger partial charge in [-0.2, -0.15) is 0 Å². The van der Waals surface area contributed by atoms with Crippen molar-refractivity contribution in [3.8, 4) is 0 Å². The smallest absolute Gasteiger partial charge is 0.0442 e. The number of hydrogen-bond acceptors (Lipinski definition) is 1. The molecule has 0 spiro atoms. The van der Waals surface area contributed by atoms with Gasteiger partial charge >= 0.3 is 0 Å². The van der Waals surface area contributed by atoms with Gasteiger partial charge in [-0.15, -0.1) is 0 Å². The number of aliphatic imine (C=N–C) groups is 1. The summed E-state index contributed by atoms with van der Waals surface area (Å²) in [5, 5.41) is 0. The summed E-state index contributed by atoms with van der Waals surface area (Å²) in [7, 11) is 0. The molecule has 0 radical (unpaired) electrons. The van der Waals surface area contributed by atoms with Gasteiger partial charge in [-0.05, 0) is 31.1 Å². The molecule has 1 atom stereocenters. The summed E-state index contributed by atoms with van der Waals surface area (Å²) in [4.78, 5) is 4.59. The molecule has 0 aromatic heterocycles. The van der Waals surface area contributed by atoms with E-state index in [0.717, 1.165) is 13.0 Å². The van der Waals surface area contributed by atoms with Crippen LogP contribution in [0.2, 0.25) is 0 Å². The molecule has 1 unspecified atom stereocenters. The highest BCUT2D eigenvalue weighted by Gasteiger charge is 2.24. The van der Waals surface area contributed by atoms with Crippen molar-refractivity contribution >= 4 is 5.71 Å². The van der Waals surface area contributed by atoms with Crippen molar-refractivity contribution < 1.29 is 0 Å². The van der Waals surface area contributed by atoms with Gasteiger partial charge in [0.15, 0.2) is 0 Å². The lowest BCUT2D eigenvalue weighted by atomic mass is 9.80. The van der Waals surface area contributed by atoms with E-state index in [1.165, 1.54) is 25.0 Å². The predicted octanol–water partition coefficient (Wildman–Crippen LogP) is 3.05. The molecule has 1 heteroatoms. The van der Waals surface area contributed by atoms with Crippen molar-refractivity contribution in [3.63, 3.8) is 0 Å². The summed E-state index contributed by atoms with van der Waals surface area (Å²) in [5.74, 6) is 0. The highest BCUT2D eigenvalue weighted by molar-refractivity contribution is 5.84. The number of hydrogen-bond donors (Lipinski definition) is 0. The lowest BCUT2D eigenvalue weighted by molar-refractivity contribution is 0.291. The van der Waals surface area contributed by atoms with Crippen molar-refractivity contribution in [1.82, 2.24) is 0 Å². The van der Waals surface area contributed by atoms with Crippen LogP contribution in [0.25, 0.3) is 0 Å². The van der Waals surface area contributed by atoms with Gasteiger partial charge in [0.05, 0.1) is 0 Å². The minimum atomic E-state index is 0.513. The van der Waals surface area contributed by atoms with E-state index in [-0.39, 0.29) is 0 Å². The second-order valence-electron chi connectivity index (χ2n) is 3.90. The van der Waals surface area contributed by atoms with Crippen LogP contribution in [0.3, 0.4) is 0 Å². The van der Waals surface area contributed by atoms with Crippen LogP contribution < -0.4 is 0 Å². The lowest BCUT2D eigenvalue weighted by Crippen LogP contribution is -2.25. The third kappa shape index (κ3) is 2.05. The Kier molecular flexibility index (Phi) is 2.69. The van der Waals surface area contributed by atoms with Crippen LogP contribution in [0.1, 0.15) is 46.5 Å². The van der Waals surface area contributed by atoms with Gasteiger partial charge in [0.1, 0.15) is 0 Å². The first-order chi connectivity index (χ1) is 5.20. The van der Waals surface area contributed by atoms with Crippen molar-refractivity contribution in [3.05, 3.63) is 0 Å². The zero-order chi connectivity index (χ0) is 8.32. The van der Waals surface area contributed by atoms with E-state index >= 15 is 0 Å². The minimum Gasteiger partial charge on any atom is -0.294 e. The molecule has 0 bridgehead atoms.